The van der Waals surface area contributed by atoms with Crippen molar-refractivity contribution in [1.82, 2.24) is 0 Å². The molecular weight excluding hydrogens is 126 g/mol. The SMILES string of the molecule is N[C@@H]1C2CCC(C2)[C@@H]1CO. The van der Waals surface area contributed by atoms with Crippen LogP contribution in [0.5, 0.6) is 0 Å². The second-order valence-electron chi connectivity index (χ2n) is 3.76. The molecule has 2 saturated carbocycles. The first kappa shape index (κ1) is 6.62. The number of fused-ring (bicyclic) bond motifs is 2. The van der Waals surface area contributed by atoms with Crippen LogP contribution >= 0.6 is 0 Å². The van der Waals surface area contributed by atoms with Crippen LogP contribution in [0.25, 0.3) is 0 Å². The lowest BCUT2D eigenvalue weighted by Crippen LogP contribution is -2.37. The largest absolute Gasteiger partial charge is 0.396 e. The van der Waals surface area contributed by atoms with Crippen molar-refractivity contribution in [3.8, 4) is 0 Å². The first-order valence-corrected chi connectivity index (χ1v) is 4.19. The summed E-state index contributed by atoms with van der Waals surface area (Å²) in [7, 11) is 0. The van der Waals surface area contributed by atoms with Crippen LogP contribution in [0.15, 0.2) is 0 Å². The summed E-state index contributed by atoms with van der Waals surface area (Å²) in [5.74, 6) is 1.92. The summed E-state index contributed by atoms with van der Waals surface area (Å²) in [6.07, 6.45) is 3.90. The van der Waals surface area contributed by atoms with E-state index in [9.17, 15) is 0 Å². The Morgan fingerprint density at radius 2 is 2.00 bits per heavy atom. The highest BCUT2D eigenvalue weighted by Crippen LogP contribution is 2.47. The average molecular weight is 141 g/mol. The fourth-order valence-corrected chi connectivity index (χ4v) is 2.73. The fraction of sp³-hybridized carbons (Fsp3) is 1.00. The molecule has 2 rings (SSSR count). The van der Waals surface area contributed by atoms with Gasteiger partial charge in [-0.3, -0.25) is 0 Å². The highest BCUT2D eigenvalue weighted by atomic mass is 16.3. The summed E-state index contributed by atoms with van der Waals surface area (Å²) in [6, 6.07) is 0.309. The molecular formula is C8H15NO. The Kier molecular flexibility index (Phi) is 1.46. The molecule has 0 amide bonds. The second kappa shape index (κ2) is 2.21. The monoisotopic (exact) mass is 141 g/mol. The maximum absolute atomic E-state index is 8.98. The molecule has 2 nitrogen and oxygen atoms in total. The Hall–Kier alpha value is -0.0800. The van der Waals surface area contributed by atoms with Gasteiger partial charge in [-0.15, -0.1) is 0 Å². The molecule has 2 fully saturated rings. The highest BCUT2D eigenvalue weighted by Gasteiger charge is 2.44. The quantitative estimate of drug-likeness (QED) is 0.553. The number of hydrogen-bond acceptors (Lipinski definition) is 2. The van der Waals surface area contributed by atoms with Crippen LogP contribution in [0, 0.1) is 17.8 Å². The van der Waals surface area contributed by atoms with Crippen molar-refractivity contribution >= 4 is 0 Å². The van der Waals surface area contributed by atoms with Gasteiger partial charge in [-0.25, -0.2) is 0 Å². The maximum Gasteiger partial charge on any atom is 0.0476 e. The van der Waals surface area contributed by atoms with E-state index < -0.39 is 0 Å². The Balaban J connectivity index is 2.10. The minimum Gasteiger partial charge on any atom is -0.396 e. The molecule has 0 spiro atoms. The van der Waals surface area contributed by atoms with Gasteiger partial charge < -0.3 is 10.8 Å². The highest BCUT2D eigenvalue weighted by molar-refractivity contribution is 4.98. The predicted molar refractivity (Wildman–Crippen MR) is 39.4 cm³/mol. The van der Waals surface area contributed by atoms with Crippen molar-refractivity contribution in [1.29, 1.82) is 0 Å². The zero-order chi connectivity index (χ0) is 7.14. The third-order valence-electron chi connectivity index (χ3n) is 3.37. The molecule has 0 heterocycles. The molecule has 0 aliphatic heterocycles. The molecule has 2 aliphatic rings. The van der Waals surface area contributed by atoms with E-state index in [1.807, 2.05) is 0 Å². The van der Waals surface area contributed by atoms with Crippen molar-refractivity contribution in [3.63, 3.8) is 0 Å². The van der Waals surface area contributed by atoms with E-state index in [0.29, 0.717) is 18.6 Å². The third-order valence-corrected chi connectivity index (χ3v) is 3.37. The Morgan fingerprint density at radius 3 is 2.40 bits per heavy atom. The van der Waals surface area contributed by atoms with Gasteiger partial charge in [0.2, 0.25) is 0 Å². The molecule has 0 radical (unpaired) electrons. The van der Waals surface area contributed by atoms with E-state index in [4.69, 9.17) is 10.8 Å². The lowest BCUT2D eigenvalue weighted by Gasteiger charge is -2.25. The third kappa shape index (κ3) is 0.722. The number of hydrogen-bond donors (Lipinski definition) is 2. The van der Waals surface area contributed by atoms with Crippen LogP contribution in [0.4, 0.5) is 0 Å². The molecule has 0 aromatic rings. The van der Waals surface area contributed by atoms with E-state index in [-0.39, 0.29) is 0 Å². The number of aliphatic hydroxyl groups excluding tert-OH is 1. The normalized spacial score (nSPS) is 52.2. The molecule has 4 atom stereocenters. The molecule has 0 saturated heterocycles. The van der Waals surface area contributed by atoms with Gasteiger partial charge in [0.05, 0.1) is 0 Å². The molecule has 2 heteroatoms. The smallest absolute Gasteiger partial charge is 0.0476 e. The number of rotatable bonds is 1. The van der Waals surface area contributed by atoms with Crippen molar-refractivity contribution in [2.45, 2.75) is 25.3 Å². The van der Waals surface area contributed by atoms with Gasteiger partial charge in [-0.1, -0.05) is 0 Å². The minimum atomic E-state index is 0.308. The molecule has 2 unspecified atom stereocenters. The molecule has 58 valence electrons. The van der Waals surface area contributed by atoms with Gasteiger partial charge in [-0.05, 0) is 31.1 Å². The van der Waals surface area contributed by atoms with Crippen molar-refractivity contribution in [2.75, 3.05) is 6.61 Å². The zero-order valence-corrected chi connectivity index (χ0v) is 6.16. The summed E-state index contributed by atoms with van der Waals surface area (Å²) in [5.41, 5.74) is 5.91. The summed E-state index contributed by atoms with van der Waals surface area (Å²) >= 11 is 0. The standard InChI is InChI=1S/C8H15NO/c9-8-6-2-1-5(3-6)7(8)4-10/h5-8,10H,1-4,9H2/t5?,6?,7-,8+/m0/s1. The molecule has 2 bridgehead atoms. The first-order valence-electron chi connectivity index (χ1n) is 4.19. The first-order chi connectivity index (χ1) is 4.83. The lowest BCUT2D eigenvalue weighted by atomic mass is 9.86. The fourth-order valence-electron chi connectivity index (χ4n) is 2.73. The van der Waals surface area contributed by atoms with Crippen molar-refractivity contribution in [2.24, 2.45) is 23.5 Å². The van der Waals surface area contributed by atoms with Crippen LogP contribution in [-0.4, -0.2) is 17.8 Å². The van der Waals surface area contributed by atoms with Gasteiger partial charge in [0.25, 0.3) is 0 Å². The van der Waals surface area contributed by atoms with E-state index >= 15 is 0 Å². The van der Waals surface area contributed by atoms with Crippen LogP contribution in [0.3, 0.4) is 0 Å². The summed E-state index contributed by atoms with van der Waals surface area (Å²) in [6.45, 7) is 0.308. The molecule has 0 aromatic heterocycles. The summed E-state index contributed by atoms with van der Waals surface area (Å²) in [5, 5.41) is 8.98. The van der Waals surface area contributed by atoms with E-state index in [1.165, 1.54) is 19.3 Å². The van der Waals surface area contributed by atoms with E-state index in [2.05, 4.69) is 0 Å². The predicted octanol–water partition coefficient (Wildman–Crippen LogP) is 0.352. The minimum absolute atomic E-state index is 0.308. The zero-order valence-electron chi connectivity index (χ0n) is 6.16. The van der Waals surface area contributed by atoms with Crippen LogP contribution in [-0.2, 0) is 0 Å². The van der Waals surface area contributed by atoms with Crippen LogP contribution < -0.4 is 5.73 Å². The van der Waals surface area contributed by atoms with Gasteiger partial charge in [0, 0.05) is 18.6 Å². The number of aliphatic hydroxyl groups is 1. The number of nitrogens with two attached hydrogens (primary N) is 1. The second-order valence-corrected chi connectivity index (χ2v) is 3.76. The molecule has 3 N–H and O–H groups in total. The Morgan fingerprint density at radius 1 is 1.30 bits per heavy atom. The summed E-state index contributed by atoms with van der Waals surface area (Å²) < 4.78 is 0. The van der Waals surface area contributed by atoms with Crippen molar-refractivity contribution < 1.29 is 5.11 Å². The van der Waals surface area contributed by atoms with Gasteiger partial charge in [-0.2, -0.15) is 0 Å². The molecule has 0 aromatic carbocycles. The van der Waals surface area contributed by atoms with Gasteiger partial charge in [0.1, 0.15) is 0 Å². The topological polar surface area (TPSA) is 46.2 Å². The van der Waals surface area contributed by atoms with E-state index in [0.717, 1.165) is 11.8 Å². The lowest BCUT2D eigenvalue weighted by molar-refractivity contribution is 0.159. The van der Waals surface area contributed by atoms with Crippen LogP contribution in [0.2, 0.25) is 0 Å². The molecule has 10 heavy (non-hydrogen) atoms. The summed E-state index contributed by atoms with van der Waals surface area (Å²) in [4.78, 5) is 0. The average Bonchev–Trinajstić information content (AvgIpc) is 2.46. The molecule has 2 aliphatic carbocycles. The van der Waals surface area contributed by atoms with Crippen LogP contribution in [0.1, 0.15) is 19.3 Å². The Labute approximate surface area is 61.4 Å². The van der Waals surface area contributed by atoms with Gasteiger partial charge >= 0.3 is 0 Å². The Bertz CT molecular complexity index is 135. The van der Waals surface area contributed by atoms with E-state index in [1.54, 1.807) is 0 Å². The maximum atomic E-state index is 8.98. The van der Waals surface area contributed by atoms with Crippen molar-refractivity contribution in [3.05, 3.63) is 0 Å². The van der Waals surface area contributed by atoms with Gasteiger partial charge in [0.15, 0.2) is 0 Å².